The molecule has 0 aliphatic heterocycles. The summed E-state index contributed by atoms with van der Waals surface area (Å²) >= 11 is 0. The van der Waals surface area contributed by atoms with Gasteiger partial charge < -0.3 is 15.6 Å². The van der Waals surface area contributed by atoms with Gasteiger partial charge in [-0.25, -0.2) is 5.84 Å². The van der Waals surface area contributed by atoms with Gasteiger partial charge in [0, 0.05) is 24.6 Å². The first-order valence-electron chi connectivity index (χ1n) is 7.10. The monoisotopic (exact) mass is 309 g/mol. The van der Waals surface area contributed by atoms with E-state index in [-0.39, 0.29) is 30.4 Å². The first-order valence-corrected chi connectivity index (χ1v) is 7.10. The number of hydrazine groups is 1. The van der Waals surface area contributed by atoms with Crippen molar-refractivity contribution in [3.05, 3.63) is 29.3 Å². The zero-order chi connectivity index (χ0) is 16.7. The van der Waals surface area contributed by atoms with Crippen molar-refractivity contribution in [1.29, 1.82) is 0 Å². The Hall–Kier alpha value is -2.12. The number of rotatable bonds is 8. The molecule has 1 rings (SSSR count). The molecule has 0 bridgehead atoms. The van der Waals surface area contributed by atoms with E-state index >= 15 is 0 Å². The maximum Gasteiger partial charge on any atom is 0.249 e. The van der Waals surface area contributed by atoms with Crippen LogP contribution in [0.1, 0.15) is 29.8 Å². The van der Waals surface area contributed by atoms with Crippen LogP contribution in [0.25, 0.3) is 0 Å². The molecule has 0 radical (unpaired) electrons. The Labute approximate surface area is 129 Å². The number of primary amides is 1. The molecule has 7 heteroatoms. The average Bonchev–Trinajstić information content (AvgIpc) is 2.52. The van der Waals surface area contributed by atoms with Crippen molar-refractivity contribution in [3.63, 3.8) is 0 Å². The number of ether oxygens (including phenoxy) is 1. The molecule has 1 aromatic rings. The van der Waals surface area contributed by atoms with Crippen molar-refractivity contribution >= 4 is 11.8 Å². The van der Waals surface area contributed by atoms with Crippen molar-refractivity contribution < 1.29 is 19.4 Å². The standard InChI is InChI=1S/C15H23N3O4/c1-3-18(17)14(20)6-11-4-5-12(7-13(11)15(16)21)22-9-10(2)8-19/h4-5,7,10,19H,3,6,8-9,17H2,1-2H3,(H2,16,21)/t10-/m0/s1. The van der Waals surface area contributed by atoms with Crippen molar-refractivity contribution in [2.75, 3.05) is 19.8 Å². The van der Waals surface area contributed by atoms with Crippen LogP contribution in [0.5, 0.6) is 5.75 Å². The number of aliphatic hydroxyl groups is 1. The molecule has 2 amide bonds. The van der Waals surface area contributed by atoms with Crippen molar-refractivity contribution in [3.8, 4) is 5.75 Å². The molecule has 0 aromatic heterocycles. The van der Waals surface area contributed by atoms with Crippen LogP contribution in [-0.2, 0) is 11.2 Å². The number of benzene rings is 1. The maximum absolute atomic E-state index is 11.8. The van der Waals surface area contributed by atoms with Crippen LogP contribution < -0.4 is 16.3 Å². The summed E-state index contributed by atoms with van der Waals surface area (Å²) in [6.45, 7) is 4.30. The van der Waals surface area contributed by atoms with Crippen molar-refractivity contribution in [2.45, 2.75) is 20.3 Å². The van der Waals surface area contributed by atoms with Crippen LogP contribution in [0.2, 0.25) is 0 Å². The summed E-state index contributed by atoms with van der Waals surface area (Å²) in [6.07, 6.45) is -0.00403. The van der Waals surface area contributed by atoms with Gasteiger partial charge in [-0.3, -0.25) is 14.6 Å². The SMILES string of the molecule is CCN(N)C(=O)Cc1ccc(OC[C@@H](C)CO)cc1C(N)=O. The van der Waals surface area contributed by atoms with Gasteiger partial charge >= 0.3 is 0 Å². The van der Waals surface area contributed by atoms with Crippen LogP contribution in [0, 0.1) is 5.92 Å². The fourth-order valence-electron chi connectivity index (χ4n) is 1.76. The second kappa shape index (κ2) is 8.35. The van der Waals surface area contributed by atoms with Gasteiger partial charge in [0.1, 0.15) is 5.75 Å². The van der Waals surface area contributed by atoms with E-state index in [4.69, 9.17) is 21.4 Å². The summed E-state index contributed by atoms with van der Waals surface area (Å²) in [4.78, 5) is 23.4. The molecule has 0 aliphatic rings. The minimum Gasteiger partial charge on any atom is -0.493 e. The number of hydrogen-bond donors (Lipinski definition) is 3. The highest BCUT2D eigenvalue weighted by Gasteiger charge is 2.15. The van der Waals surface area contributed by atoms with Crippen LogP contribution >= 0.6 is 0 Å². The molecular weight excluding hydrogens is 286 g/mol. The first kappa shape index (κ1) is 17.9. The van der Waals surface area contributed by atoms with Gasteiger partial charge in [-0.1, -0.05) is 13.0 Å². The van der Waals surface area contributed by atoms with E-state index in [0.29, 0.717) is 24.5 Å². The highest BCUT2D eigenvalue weighted by atomic mass is 16.5. The summed E-state index contributed by atoms with van der Waals surface area (Å²) in [6, 6.07) is 4.79. The number of hydrogen-bond acceptors (Lipinski definition) is 5. The van der Waals surface area contributed by atoms with Crippen LogP contribution in [0.4, 0.5) is 0 Å². The second-order valence-corrected chi connectivity index (χ2v) is 5.14. The zero-order valence-electron chi connectivity index (χ0n) is 12.9. The number of carbonyl (C=O) groups excluding carboxylic acids is 2. The maximum atomic E-state index is 11.8. The minimum absolute atomic E-state index is 0.00403. The highest BCUT2D eigenvalue weighted by molar-refractivity contribution is 5.96. The van der Waals surface area contributed by atoms with Crippen LogP contribution in [0.3, 0.4) is 0 Å². The summed E-state index contributed by atoms with van der Waals surface area (Å²) in [5.74, 6) is 5.05. The van der Waals surface area contributed by atoms with Gasteiger partial charge in [-0.05, 0) is 24.6 Å². The Balaban J connectivity index is 2.91. The lowest BCUT2D eigenvalue weighted by molar-refractivity contribution is -0.130. The van der Waals surface area contributed by atoms with Crippen LogP contribution in [-0.4, -0.2) is 41.7 Å². The normalized spacial score (nSPS) is 11.8. The Morgan fingerprint density at radius 3 is 2.64 bits per heavy atom. The van der Waals surface area contributed by atoms with Gasteiger partial charge in [-0.2, -0.15) is 0 Å². The predicted octanol–water partition coefficient (Wildman–Crippen LogP) is 0.0574. The van der Waals surface area contributed by atoms with Crippen molar-refractivity contribution in [2.24, 2.45) is 17.5 Å². The smallest absolute Gasteiger partial charge is 0.249 e. The topological polar surface area (TPSA) is 119 Å². The minimum atomic E-state index is -0.636. The largest absolute Gasteiger partial charge is 0.493 e. The fraction of sp³-hybridized carbons (Fsp3) is 0.467. The molecule has 0 saturated carbocycles. The molecule has 0 spiro atoms. The van der Waals surface area contributed by atoms with E-state index < -0.39 is 5.91 Å². The lowest BCUT2D eigenvalue weighted by Crippen LogP contribution is -2.38. The molecule has 5 N–H and O–H groups in total. The Morgan fingerprint density at radius 2 is 2.09 bits per heavy atom. The van der Waals surface area contributed by atoms with E-state index in [9.17, 15) is 9.59 Å². The Morgan fingerprint density at radius 1 is 1.41 bits per heavy atom. The average molecular weight is 309 g/mol. The lowest BCUT2D eigenvalue weighted by Gasteiger charge is -2.16. The third kappa shape index (κ3) is 5.01. The number of nitrogens with two attached hydrogens (primary N) is 2. The molecule has 122 valence electrons. The Bertz CT molecular complexity index is 534. The van der Waals surface area contributed by atoms with Gasteiger partial charge in [0.25, 0.3) is 0 Å². The number of amides is 2. The van der Waals surface area contributed by atoms with Gasteiger partial charge in [0.15, 0.2) is 0 Å². The third-order valence-corrected chi connectivity index (χ3v) is 3.20. The van der Waals surface area contributed by atoms with E-state index in [1.807, 2.05) is 6.92 Å². The molecule has 0 unspecified atom stereocenters. The molecule has 0 fully saturated rings. The molecule has 1 aromatic carbocycles. The Kier molecular flexibility index (Phi) is 6.81. The van der Waals surface area contributed by atoms with E-state index in [0.717, 1.165) is 5.01 Å². The summed E-state index contributed by atoms with van der Waals surface area (Å²) in [5.41, 5.74) is 6.09. The predicted molar refractivity (Wildman–Crippen MR) is 82.0 cm³/mol. The fourth-order valence-corrected chi connectivity index (χ4v) is 1.76. The molecule has 0 aliphatic carbocycles. The molecule has 0 saturated heterocycles. The molecule has 0 heterocycles. The quantitative estimate of drug-likeness (QED) is 0.356. The molecule has 7 nitrogen and oxygen atoms in total. The van der Waals surface area contributed by atoms with Crippen LogP contribution in [0.15, 0.2) is 18.2 Å². The van der Waals surface area contributed by atoms with E-state index in [2.05, 4.69) is 0 Å². The summed E-state index contributed by atoms with van der Waals surface area (Å²) in [7, 11) is 0. The third-order valence-electron chi connectivity index (χ3n) is 3.20. The molecule has 1 atom stereocenters. The first-order chi connectivity index (χ1) is 10.4. The van der Waals surface area contributed by atoms with Crippen molar-refractivity contribution in [1.82, 2.24) is 5.01 Å². The number of nitrogens with zero attached hydrogens (tertiary/aromatic N) is 1. The highest BCUT2D eigenvalue weighted by Crippen LogP contribution is 2.19. The summed E-state index contributed by atoms with van der Waals surface area (Å²) in [5, 5.41) is 10.0. The second-order valence-electron chi connectivity index (χ2n) is 5.14. The zero-order valence-corrected chi connectivity index (χ0v) is 12.9. The molecule has 22 heavy (non-hydrogen) atoms. The number of likely N-dealkylation sites (N-methyl/N-ethyl adjacent to an activating group) is 1. The van der Waals surface area contributed by atoms with Gasteiger partial charge in [0.2, 0.25) is 11.8 Å². The van der Waals surface area contributed by atoms with E-state index in [1.165, 1.54) is 6.07 Å². The van der Waals surface area contributed by atoms with Gasteiger partial charge in [0.05, 0.1) is 13.0 Å². The van der Waals surface area contributed by atoms with Gasteiger partial charge in [-0.15, -0.1) is 0 Å². The number of aliphatic hydroxyl groups excluding tert-OH is 1. The lowest BCUT2D eigenvalue weighted by atomic mass is 10.0. The van der Waals surface area contributed by atoms with E-state index in [1.54, 1.807) is 19.1 Å². The number of carbonyl (C=O) groups is 2. The summed E-state index contributed by atoms with van der Waals surface area (Å²) < 4.78 is 5.49. The molecular formula is C15H23N3O4.